The maximum atomic E-state index is 11.4. The Balaban J connectivity index is 2.12. The second kappa shape index (κ2) is 7.39. The first-order chi connectivity index (χ1) is 10.9. The Morgan fingerprint density at radius 2 is 1.74 bits per heavy atom. The molecule has 2 aromatic rings. The van der Waals surface area contributed by atoms with Crippen molar-refractivity contribution in [1.29, 1.82) is 0 Å². The molecule has 0 aliphatic heterocycles. The molecule has 5 nitrogen and oxygen atoms in total. The fourth-order valence-corrected chi connectivity index (χ4v) is 2.71. The maximum absolute atomic E-state index is 11.4. The van der Waals surface area contributed by atoms with Gasteiger partial charge >= 0.3 is 0 Å². The van der Waals surface area contributed by atoms with Crippen LogP contribution in [-0.4, -0.2) is 28.1 Å². The van der Waals surface area contributed by atoms with Crippen LogP contribution in [0.5, 0.6) is 5.75 Å². The summed E-state index contributed by atoms with van der Waals surface area (Å²) in [4.78, 5) is 11.1. The summed E-state index contributed by atoms with van der Waals surface area (Å²) in [5, 5.41) is 0. The third-order valence-electron chi connectivity index (χ3n) is 3.27. The van der Waals surface area contributed by atoms with Crippen molar-refractivity contribution >= 4 is 16.1 Å². The summed E-state index contributed by atoms with van der Waals surface area (Å²) in [7, 11) is -1.63. The standard InChI is InChI=1S/C17H18O5S/c1-21-12-15-9-14(10-18)5-8-17(15)22-11-13-3-6-16(7-4-13)23(2,19)20/h3-10H,11-12H2,1-2H3. The molecule has 0 N–H and O–H groups in total. The van der Waals surface area contributed by atoms with Crippen molar-refractivity contribution in [3.05, 3.63) is 59.2 Å². The summed E-state index contributed by atoms with van der Waals surface area (Å²) in [6.45, 7) is 0.630. The second-order valence-electron chi connectivity index (χ2n) is 5.12. The molecular formula is C17H18O5S. The highest BCUT2D eigenvalue weighted by Crippen LogP contribution is 2.22. The van der Waals surface area contributed by atoms with E-state index in [2.05, 4.69) is 0 Å². The van der Waals surface area contributed by atoms with Gasteiger partial charge in [-0.2, -0.15) is 0 Å². The van der Waals surface area contributed by atoms with Crippen LogP contribution in [0.25, 0.3) is 0 Å². The van der Waals surface area contributed by atoms with E-state index in [0.717, 1.165) is 17.4 Å². The molecule has 0 amide bonds. The van der Waals surface area contributed by atoms with Crippen LogP contribution >= 0.6 is 0 Å². The van der Waals surface area contributed by atoms with E-state index in [-0.39, 0.29) is 4.90 Å². The molecule has 0 fully saturated rings. The molecule has 0 spiro atoms. The molecule has 2 rings (SSSR count). The predicted molar refractivity (Wildman–Crippen MR) is 86.4 cm³/mol. The first kappa shape index (κ1) is 17.2. The number of ether oxygens (including phenoxy) is 2. The van der Waals surface area contributed by atoms with Crippen LogP contribution < -0.4 is 4.74 Å². The van der Waals surface area contributed by atoms with E-state index in [1.54, 1.807) is 49.6 Å². The van der Waals surface area contributed by atoms with E-state index in [1.807, 2.05) is 0 Å². The van der Waals surface area contributed by atoms with E-state index in [1.165, 1.54) is 6.26 Å². The summed E-state index contributed by atoms with van der Waals surface area (Å²) in [5.74, 6) is 0.629. The van der Waals surface area contributed by atoms with Gasteiger partial charge in [-0.3, -0.25) is 4.79 Å². The zero-order chi connectivity index (χ0) is 16.9. The van der Waals surface area contributed by atoms with E-state index in [9.17, 15) is 13.2 Å². The van der Waals surface area contributed by atoms with Gasteiger partial charge in [-0.1, -0.05) is 12.1 Å². The van der Waals surface area contributed by atoms with Gasteiger partial charge in [0.05, 0.1) is 11.5 Å². The third-order valence-corrected chi connectivity index (χ3v) is 4.39. The number of methoxy groups -OCH3 is 1. The van der Waals surface area contributed by atoms with Crippen LogP contribution in [0.3, 0.4) is 0 Å². The third kappa shape index (κ3) is 4.64. The molecule has 23 heavy (non-hydrogen) atoms. The quantitative estimate of drug-likeness (QED) is 0.728. The van der Waals surface area contributed by atoms with E-state index in [4.69, 9.17) is 9.47 Å². The fraction of sp³-hybridized carbons (Fsp3) is 0.235. The topological polar surface area (TPSA) is 69.7 Å². The smallest absolute Gasteiger partial charge is 0.175 e. The first-order valence-corrected chi connectivity index (χ1v) is 8.82. The van der Waals surface area contributed by atoms with Gasteiger partial charge in [-0.25, -0.2) is 8.42 Å². The zero-order valence-electron chi connectivity index (χ0n) is 13.0. The highest BCUT2D eigenvalue weighted by atomic mass is 32.2. The van der Waals surface area contributed by atoms with Gasteiger partial charge in [0.15, 0.2) is 9.84 Å². The molecule has 0 atom stereocenters. The van der Waals surface area contributed by atoms with E-state index < -0.39 is 9.84 Å². The average molecular weight is 334 g/mol. The largest absolute Gasteiger partial charge is 0.489 e. The lowest BCUT2D eigenvalue weighted by Crippen LogP contribution is -2.02. The number of benzene rings is 2. The minimum Gasteiger partial charge on any atom is -0.489 e. The number of sulfone groups is 1. The Morgan fingerprint density at radius 1 is 1.04 bits per heavy atom. The van der Waals surface area contributed by atoms with Crippen LogP contribution in [0.2, 0.25) is 0 Å². The van der Waals surface area contributed by atoms with Crippen LogP contribution in [0.1, 0.15) is 21.5 Å². The van der Waals surface area contributed by atoms with Crippen LogP contribution in [0.15, 0.2) is 47.4 Å². The van der Waals surface area contributed by atoms with Gasteiger partial charge in [0.1, 0.15) is 18.6 Å². The van der Waals surface area contributed by atoms with Crippen molar-refractivity contribution in [2.45, 2.75) is 18.1 Å². The van der Waals surface area contributed by atoms with Crippen LogP contribution in [-0.2, 0) is 27.8 Å². The number of carbonyl (C=O) groups is 1. The van der Waals surface area contributed by atoms with Crippen LogP contribution in [0.4, 0.5) is 0 Å². The molecule has 0 aliphatic carbocycles. The average Bonchev–Trinajstić information content (AvgIpc) is 2.53. The molecule has 0 aromatic heterocycles. The molecule has 0 heterocycles. The summed E-state index contributed by atoms with van der Waals surface area (Å²) in [6.07, 6.45) is 1.94. The van der Waals surface area contributed by atoms with Gasteiger partial charge in [0.2, 0.25) is 0 Å². The Morgan fingerprint density at radius 3 is 2.30 bits per heavy atom. The first-order valence-electron chi connectivity index (χ1n) is 6.93. The summed E-state index contributed by atoms with van der Waals surface area (Å²) in [5.41, 5.74) is 2.19. The molecule has 2 aromatic carbocycles. The molecule has 0 saturated heterocycles. The number of hydrogen-bond acceptors (Lipinski definition) is 5. The molecule has 0 unspecified atom stereocenters. The minimum absolute atomic E-state index is 0.275. The number of rotatable bonds is 7. The lowest BCUT2D eigenvalue weighted by Gasteiger charge is -2.12. The zero-order valence-corrected chi connectivity index (χ0v) is 13.8. The van der Waals surface area contributed by atoms with Gasteiger partial charge < -0.3 is 9.47 Å². The van der Waals surface area contributed by atoms with Crippen molar-refractivity contribution in [2.75, 3.05) is 13.4 Å². The fourth-order valence-electron chi connectivity index (χ4n) is 2.08. The molecule has 6 heteroatoms. The number of carbonyl (C=O) groups excluding carboxylic acids is 1. The Hall–Kier alpha value is -2.18. The summed E-state index contributed by atoms with van der Waals surface area (Å²) < 4.78 is 33.7. The normalized spacial score (nSPS) is 11.2. The van der Waals surface area contributed by atoms with Gasteiger partial charge in [0, 0.05) is 24.5 Å². The number of hydrogen-bond donors (Lipinski definition) is 0. The monoisotopic (exact) mass is 334 g/mol. The molecule has 122 valence electrons. The van der Waals surface area contributed by atoms with Crippen molar-refractivity contribution in [3.8, 4) is 5.75 Å². The lowest BCUT2D eigenvalue weighted by molar-refractivity contribution is 0.112. The number of aldehydes is 1. The molecule has 0 radical (unpaired) electrons. The molecular weight excluding hydrogens is 316 g/mol. The molecule has 0 aliphatic rings. The molecule has 0 saturated carbocycles. The van der Waals surface area contributed by atoms with Gasteiger partial charge in [-0.15, -0.1) is 0 Å². The Labute approximate surface area is 135 Å². The van der Waals surface area contributed by atoms with Gasteiger partial charge in [0.25, 0.3) is 0 Å². The highest BCUT2D eigenvalue weighted by molar-refractivity contribution is 7.90. The van der Waals surface area contributed by atoms with E-state index >= 15 is 0 Å². The predicted octanol–water partition coefficient (Wildman–Crippen LogP) is 2.63. The van der Waals surface area contributed by atoms with Crippen LogP contribution in [0, 0.1) is 0 Å². The lowest BCUT2D eigenvalue weighted by atomic mass is 10.1. The van der Waals surface area contributed by atoms with Crippen molar-refractivity contribution in [3.63, 3.8) is 0 Å². The molecule has 0 bridgehead atoms. The second-order valence-corrected chi connectivity index (χ2v) is 7.14. The van der Waals surface area contributed by atoms with Crippen molar-refractivity contribution in [1.82, 2.24) is 0 Å². The minimum atomic E-state index is -3.20. The van der Waals surface area contributed by atoms with Crippen molar-refractivity contribution in [2.24, 2.45) is 0 Å². The van der Waals surface area contributed by atoms with Gasteiger partial charge in [-0.05, 0) is 35.9 Å². The van der Waals surface area contributed by atoms with Crippen molar-refractivity contribution < 1.29 is 22.7 Å². The Kier molecular flexibility index (Phi) is 5.52. The summed E-state index contributed by atoms with van der Waals surface area (Å²) >= 11 is 0. The summed E-state index contributed by atoms with van der Waals surface area (Å²) in [6, 6.07) is 11.7. The highest BCUT2D eigenvalue weighted by Gasteiger charge is 2.08. The Bertz CT molecular complexity index is 779. The SMILES string of the molecule is COCc1cc(C=O)ccc1OCc1ccc(S(C)(=O)=O)cc1. The maximum Gasteiger partial charge on any atom is 0.175 e. The van der Waals surface area contributed by atoms with E-state index in [0.29, 0.717) is 24.5 Å².